The second-order valence-corrected chi connectivity index (χ2v) is 9.34. The fraction of sp³-hybridized carbons (Fsp3) is 0.0800. The van der Waals surface area contributed by atoms with Crippen molar-refractivity contribution in [2.24, 2.45) is 0 Å². The summed E-state index contributed by atoms with van der Waals surface area (Å²) in [4.78, 5) is 1.19. The molecule has 6 heteroatoms. The van der Waals surface area contributed by atoms with Crippen LogP contribution in [0.4, 0.5) is 0 Å². The molecule has 0 N–H and O–H groups in total. The fourth-order valence-corrected chi connectivity index (χ4v) is 4.89. The number of halogens is 3. The molecule has 0 aliphatic rings. The normalized spacial score (nSPS) is 11.6. The number of rotatable bonds is 6. The van der Waals surface area contributed by atoms with Crippen molar-refractivity contribution in [3.63, 3.8) is 0 Å². The first-order valence-electron chi connectivity index (χ1n) is 9.58. The minimum atomic E-state index is 0.461. The first-order valence-corrected chi connectivity index (χ1v) is 11.7. The number of aryl methyl sites for hydroxylation is 1. The number of hydrogen-bond donors (Lipinski definition) is 0. The van der Waals surface area contributed by atoms with Gasteiger partial charge in [0.15, 0.2) is 0 Å². The van der Waals surface area contributed by atoms with Gasteiger partial charge in [0.05, 0.1) is 16.7 Å². The van der Waals surface area contributed by atoms with Gasteiger partial charge in [0.2, 0.25) is 0 Å². The average molecular weight is 484 g/mol. The van der Waals surface area contributed by atoms with Gasteiger partial charge in [-0.15, -0.1) is 11.8 Å². The van der Waals surface area contributed by atoms with Gasteiger partial charge in [-0.05, 0) is 48.5 Å². The summed E-state index contributed by atoms with van der Waals surface area (Å²) in [6.07, 6.45) is 3.98. The molecule has 4 rings (SSSR count). The van der Waals surface area contributed by atoms with Crippen molar-refractivity contribution in [3.05, 3.63) is 99.1 Å². The van der Waals surface area contributed by atoms with E-state index in [0.717, 1.165) is 33.8 Å². The molecular formula is C25H17Cl3N2S. The lowest BCUT2D eigenvalue weighted by Gasteiger charge is -2.05. The number of para-hydroxylation sites is 1. The van der Waals surface area contributed by atoms with E-state index in [1.54, 1.807) is 30.0 Å². The van der Waals surface area contributed by atoms with Crippen molar-refractivity contribution in [2.75, 3.05) is 5.75 Å². The molecule has 0 saturated heterocycles. The third-order valence-electron chi connectivity index (χ3n) is 4.88. The Morgan fingerprint density at radius 1 is 0.968 bits per heavy atom. The largest absolute Gasteiger partial charge is 0.346 e. The minimum absolute atomic E-state index is 0.461. The highest BCUT2D eigenvalue weighted by molar-refractivity contribution is 7.99. The van der Waals surface area contributed by atoms with E-state index in [2.05, 4.69) is 29.0 Å². The first-order chi connectivity index (χ1) is 15.0. The molecule has 3 aromatic carbocycles. The van der Waals surface area contributed by atoms with Crippen molar-refractivity contribution in [3.8, 4) is 6.07 Å². The van der Waals surface area contributed by atoms with Crippen LogP contribution in [-0.4, -0.2) is 10.3 Å². The highest BCUT2D eigenvalue weighted by Crippen LogP contribution is 2.31. The van der Waals surface area contributed by atoms with Gasteiger partial charge in [0.25, 0.3) is 0 Å². The summed E-state index contributed by atoms with van der Waals surface area (Å²) < 4.78 is 2.22. The fourth-order valence-electron chi connectivity index (χ4n) is 3.40. The third-order valence-corrected chi connectivity index (χ3v) is 6.67. The van der Waals surface area contributed by atoms with Gasteiger partial charge in [-0.25, -0.2) is 0 Å². The molecule has 2 nitrogen and oxygen atoms in total. The minimum Gasteiger partial charge on any atom is -0.346 e. The van der Waals surface area contributed by atoms with Gasteiger partial charge >= 0.3 is 0 Å². The maximum absolute atomic E-state index is 9.77. The quantitative estimate of drug-likeness (QED) is 0.203. The van der Waals surface area contributed by atoms with E-state index in [0.29, 0.717) is 21.2 Å². The maximum Gasteiger partial charge on any atom is 0.0998 e. The van der Waals surface area contributed by atoms with Crippen molar-refractivity contribution >= 4 is 69.1 Å². The van der Waals surface area contributed by atoms with Crippen molar-refractivity contribution in [1.29, 1.82) is 5.26 Å². The number of nitrogens with zero attached hydrogens (tertiary/aromatic N) is 2. The molecule has 1 heterocycles. The number of fused-ring (bicyclic) bond motifs is 1. The number of hydrogen-bond acceptors (Lipinski definition) is 2. The standard InChI is InChI=1S/C25H17Cl3N2S/c26-19-5-8-21(9-6-19)31-12-11-30-16-18(23-3-1-2-4-25(23)30)13-17(15-29)22-10-7-20(27)14-24(22)28/h1-10,13-14,16H,11-12H2/b17-13-. The highest BCUT2D eigenvalue weighted by atomic mass is 35.5. The Morgan fingerprint density at radius 2 is 1.71 bits per heavy atom. The van der Waals surface area contributed by atoms with Crippen molar-refractivity contribution < 1.29 is 0 Å². The average Bonchev–Trinajstić information content (AvgIpc) is 3.11. The zero-order valence-electron chi connectivity index (χ0n) is 16.4. The summed E-state index contributed by atoms with van der Waals surface area (Å²) in [6, 6.07) is 23.5. The van der Waals surface area contributed by atoms with Crippen molar-refractivity contribution in [1.82, 2.24) is 4.57 Å². The van der Waals surface area contributed by atoms with Crippen molar-refractivity contribution in [2.45, 2.75) is 11.4 Å². The van der Waals surface area contributed by atoms with E-state index in [9.17, 15) is 5.26 Å². The van der Waals surface area contributed by atoms with Crippen LogP contribution in [0.15, 0.2) is 77.8 Å². The van der Waals surface area contributed by atoms with Crippen LogP contribution in [0.3, 0.4) is 0 Å². The Balaban J connectivity index is 1.63. The number of allylic oxidation sites excluding steroid dienone is 1. The molecule has 1 aromatic heterocycles. The van der Waals surface area contributed by atoms with Gasteiger partial charge in [-0.2, -0.15) is 5.26 Å². The van der Waals surface area contributed by atoms with Gasteiger partial charge in [0.1, 0.15) is 0 Å². The van der Waals surface area contributed by atoms with E-state index in [1.165, 1.54) is 4.90 Å². The smallest absolute Gasteiger partial charge is 0.0998 e. The Kier molecular flexibility index (Phi) is 6.95. The topological polar surface area (TPSA) is 28.7 Å². The summed E-state index contributed by atoms with van der Waals surface area (Å²) in [6.45, 7) is 0.839. The van der Waals surface area contributed by atoms with E-state index < -0.39 is 0 Å². The van der Waals surface area contributed by atoms with Crippen LogP contribution in [0.2, 0.25) is 15.1 Å². The molecular weight excluding hydrogens is 467 g/mol. The van der Waals surface area contributed by atoms with Crippen LogP contribution < -0.4 is 0 Å². The molecule has 0 unspecified atom stereocenters. The zero-order valence-corrected chi connectivity index (χ0v) is 19.4. The molecule has 31 heavy (non-hydrogen) atoms. The molecule has 0 bridgehead atoms. The lowest BCUT2D eigenvalue weighted by Crippen LogP contribution is -1.98. The Morgan fingerprint density at radius 3 is 2.45 bits per heavy atom. The molecule has 154 valence electrons. The van der Waals surface area contributed by atoms with Gasteiger partial charge in [-0.1, -0.05) is 59.1 Å². The number of aromatic nitrogens is 1. The summed E-state index contributed by atoms with van der Waals surface area (Å²) in [5, 5.41) is 12.6. The van der Waals surface area contributed by atoms with E-state index >= 15 is 0 Å². The van der Waals surface area contributed by atoms with E-state index in [-0.39, 0.29) is 0 Å². The van der Waals surface area contributed by atoms with Crippen LogP contribution in [0.1, 0.15) is 11.1 Å². The second-order valence-electron chi connectivity index (χ2n) is 6.89. The molecule has 0 amide bonds. The molecule has 0 fully saturated rings. The SMILES string of the molecule is N#C/C(=C/c1cn(CCSc2ccc(Cl)cc2)c2ccccc12)c1ccc(Cl)cc1Cl. The molecule has 0 saturated carbocycles. The summed E-state index contributed by atoms with van der Waals surface area (Å²) in [5.74, 6) is 0.914. The summed E-state index contributed by atoms with van der Waals surface area (Å²) in [7, 11) is 0. The van der Waals surface area contributed by atoms with Gasteiger partial charge in [-0.3, -0.25) is 0 Å². The summed E-state index contributed by atoms with van der Waals surface area (Å²) >= 11 is 20.1. The van der Waals surface area contributed by atoms with Gasteiger partial charge in [0, 0.05) is 55.5 Å². The van der Waals surface area contributed by atoms with Gasteiger partial charge < -0.3 is 4.57 Å². The monoisotopic (exact) mass is 482 g/mol. The molecule has 0 radical (unpaired) electrons. The Hall–Kier alpha value is -2.35. The predicted octanol–water partition coefficient (Wildman–Crippen LogP) is 8.46. The Bertz CT molecular complexity index is 1300. The van der Waals surface area contributed by atoms with Crippen LogP contribution in [0.5, 0.6) is 0 Å². The van der Waals surface area contributed by atoms with Crippen LogP contribution >= 0.6 is 46.6 Å². The zero-order chi connectivity index (χ0) is 21.8. The third kappa shape index (κ3) is 5.11. The van der Waals surface area contributed by atoms with E-state index in [1.807, 2.05) is 42.5 Å². The lowest BCUT2D eigenvalue weighted by molar-refractivity contribution is 0.807. The maximum atomic E-state index is 9.77. The lowest BCUT2D eigenvalue weighted by atomic mass is 10.0. The molecule has 0 aliphatic carbocycles. The van der Waals surface area contributed by atoms with E-state index in [4.69, 9.17) is 34.8 Å². The highest BCUT2D eigenvalue weighted by Gasteiger charge is 2.11. The molecule has 0 atom stereocenters. The molecule has 0 spiro atoms. The predicted molar refractivity (Wildman–Crippen MR) is 134 cm³/mol. The second kappa shape index (κ2) is 9.85. The van der Waals surface area contributed by atoms with Crippen LogP contribution in [0.25, 0.3) is 22.6 Å². The van der Waals surface area contributed by atoms with Crippen LogP contribution in [-0.2, 0) is 6.54 Å². The number of benzene rings is 3. The number of thioether (sulfide) groups is 1. The molecule has 4 aromatic rings. The Labute approximate surface area is 200 Å². The summed E-state index contributed by atoms with van der Waals surface area (Å²) in [5.41, 5.74) is 3.28. The van der Waals surface area contributed by atoms with Crippen LogP contribution in [0, 0.1) is 11.3 Å². The first kappa shape index (κ1) is 21.9. The molecule has 0 aliphatic heterocycles. The number of nitriles is 1.